The second kappa shape index (κ2) is 14.4. The van der Waals surface area contributed by atoms with Crippen LogP contribution in [0.3, 0.4) is 0 Å². The van der Waals surface area contributed by atoms with E-state index in [-0.39, 0.29) is 52.5 Å². The fourth-order valence-electron chi connectivity index (χ4n) is 4.73. The van der Waals surface area contributed by atoms with Gasteiger partial charge < -0.3 is 24.4 Å². The molecule has 0 bridgehead atoms. The molecule has 0 unspecified atom stereocenters. The molecule has 4 aromatic rings. The molecule has 2 heterocycles. The third-order valence-electron chi connectivity index (χ3n) is 7.00. The summed E-state index contributed by atoms with van der Waals surface area (Å²) in [6, 6.07) is 15.2. The van der Waals surface area contributed by atoms with Crippen molar-refractivity contribution in [2.45, 2.75) is 26.1 Å². The number of halogens is 3. The van der Waals surface area contributed by atoms with Crippen LogP contribution in [0.2, 0.25) is 0 Å². The van der Waals surface area contributed by atoms with Crippen molar-refractivity contribution >= 4 is 45.9 Å². The number of carbonyl (C=O) groups is 2. The van der Waals surface area contributed by atoms with Crippen LogP contribution in [0.25, 0.3) is 17.1 Å². The Morgan fingerprint density at radius 1 is 1.10 bits per heavy atom. The zero-order chi connectivity index (χ0) is 34.6. The van der Waals surface area contributed by atoms with Crippen molar-refractivity contribution < 1.29 is 37.0 Å². The second-order valence-corrected chi connectivity index (χ2v) is 11.9. The number of hydrogen-bond donors (Lipinski definition) is 1. The van der Waals surface area contributed by atoms with Gasteiger partial charge in [0.15, 0.2) is 17.8 Å². The van der Waals surface area contributed by atoms with Gasteiger partial charge in [0.1, 0.15) is 17.8 Å². The third-order valence-corrected chi connectivity index (χ3v) is 7.92. The second-order valence-electron chi connectivity index (χ2n) is 11.0. The maximum absolute atomic E-state index is 13.2. The molecule has 1 saturated heterocycles. The van der Waals surface area contributed by atoms with Gasteiger partial charge in [0.25, 0.3) is 0 Å². The zero-order valence-electron chi connectivity index (χ0n) is 26.6. The molecular weight excluding hydrogens is 651 g/mol. The summed E-state index contributed by atoms with van der Waals surface area (Å²) in [5.41, 5.74) is 3.77. The van der Waals surface area contributed by atoms with Crippen LogP contribution in [0.4, 0.5) is 35.0 Å². The number of rotatable bonds is 10. The average molecular weight is 684 g/mol. The predicted octanol–water partition coefficient (Wildman–Crippen LogP) is 6.67. The van der Waals surface area contributed by atoms with E-state index in [1.165, 1.54) is 59.0 Å². The molecule has 1 aliphatic heterocycles. The Kier molecular flexibility index (Phi) is 10.2. The molecule has 0 atom stereocenters. The first kappa shape index (κ1) is 34.3. The lowest BCUT2D eigenvalue weighted by Gasteiger charge is -2.24. The highest BCUT2D eigenvalue weighted by atomic mass is 32.2. The Bertz CT molecular complexity index is 1830. The van der Waals surface area contributed by atoms with Crippen LogP contribution in [-0.4, -0.2) is 72.0 Å². The molecule has 0 aliphatic carbocycles. The van der Waals surface area contributed by atoms with Gasteiger partial charge in [-0.15, -0.1) is 18.3 Å². The van der Waals surface area contributed by atoms with Crippen molar-refractivity contribution in [1.82, 2.24) is 14.8 Å². The van der Waals surface area contributed by atoms with Gasteiger partial charge in [-0.3, -0.25) is 9.69 Å². The molecule has 3 amide bonds. The van der Waals surface area contributed by atoms with Crippen LogP contribution in [0, 0.1) is 0 Å². The van der Waals surface area contributed by atoms with Crippen LogP contribution in [0.15, 0.2) is 72.0 Å². The summed E-state index contributed by atoms with van der Waals surface area (Å²) in [5.74, 6) is 0.221. The van der Waals surface area contributed by atoms with Gasteiger partial charge in [-0.2, -0.15) is 4.99 Å². The van der Waals surface area contributed by atoms with Crippen molar-refractivity contribution in [2.75, 3.05) is 48.9 Å². The number of methoxy groups -OCH3 is 1. The molecule has 1 aromatic heterocycles. The minimum absolute atomic E-state index is 0.114. The minimum atomic E-state index is -4.80. The number of urea groups is 1. The van der Waals surface area contributed by atoms with E-state index in [4.69, 9.17) is 9.47 Å². The van der Waals surface area contributed by atoms with Gasteiger partial charge in [0.2, 0.25) is 5.91 Å². The summed E-state index contributed by atoms with van der Waals surface area (Å²) >= 11 is 1.17. The van der Waals surface area contributed by atoms with Gasteiger partial charge >= 0.3 is 12.4 Å². The first-order valence-corrected chi connectivity index (χ1v) is 15.5. The number of carbonyl (C=O) groups excluding carboxylic acids is 2. The van der Waals surface area contributed by atoms with E-state index in [0.29, 0.717) is 16.9 Å². The summed E-state index contributed by atoms with van der Waals surface area (Å²) in [4.78, 5) is 38.3. The highest BCUT2D eigenvalue weighted by molar-refractivity contribution is 8.15. The first-order valence-electron chi connectivity index (χ1n) is 14.5. The van der Waals surface area contributed by atoms with E-state index in [1.54, 1.807) is 18.2 Å². The standard InChI is InChI=1S/C32H32F3N7O5S/c1-19(2)24-12-9-22(40(3)4)15-26(24)42-28(43)16-48-31(42)38-30(44)37-25-13-6-20(14-27(25)46-18-45-5)29-36-17-41(39-29)21-7-10-23(11-8-21)47-32(33,34)35/h6-15,17,19H,16,18H2,1-5H3,(H,37,44)/b38-31-. The summed E-state index contributed by atoms with van der Waals surface area (Å²) in [6.07, 6.45) is -3.39. The molecule has 3 aromatic carbocycles. The highest BCUT2D eigenvalue weighted by Crippen LogP contribution is 2.36. The Balaban J connectivity index is 1.38. The van der Waals surface area contributed by atoms with Crippen LogP contribution >= 0.6 is 11.8 Å². The number of hydrogen-bond acceptors (Lipinski definition) is 9. The summed E-state index contributed by atoms with van der Waals surface area (Å²) in [5, 5.41) is 7.40. The maximum atomic E-state index is 13.2. The first-order chi connectivity index (χ1) is 22.8. The zero-order valence-corrected chi connectivity index (χ0v) is 27.4. The molecule has 0 spiro atoms. The largest absolute Gasteiger partial charge is 0.573 e. The van der Waals surface area contributed by atoms with E-state index >= 15 is 0 Å². The molecule has 1 aliphatic rings. The third kappa shape index (κ3) is 8.06. The van der Waals surface area contributed by atoms with Gasteiger partial charge in [0, 0.05) is 32.5 Å². The predicted molar refractivity (Wildman–Crippen MR) is 177 cm³/mol. The smallest absolute Gasteiger partial charge is 0.465 e. The summed E-state index contributed by atoms with van der Waals surface area (Å²) in [7, 11) is 5.26. The topological polar surface area (TPSA) is 123 Å². The lowest BCUT2D eigenvalue weighted by Crippen LogP contribution is -2.31. The number of aliphatic imine (C=N–C) groups is 1. The summed E-state index contributed by atoms with van der Waals surface area (Å²) < 4.78 is 53.6. The Labute approximate surface area is 278 Å². The number of thioether (sulfide) groups is 1. The SMILES string of the molecule is COCOc1cc(-c2ncn(-c3ccc(OC(F)(F)F)cc3)n2)ccc1NC(=O)/N=C1\SCC(=O)N1c1cc(N(C)C)ccc1C(C)C. The quantitative estimate of drug-likeness (QED) is 0.183. The van der Waals surface area contributed by atoms with Crippen molar-refractivity contribution in [3.05, 3.63) is 72.6 Å². The molecule has 1 N–H and O–H groups in total. The highest BCUT2D eigenvalue weighted by Gasteiger charge is 2.33. The number of ether oxygens (including phenoxy) is 3. The van der Waals surface area contributed by atoms with Crippen LogP contribution < -0.4 is 24.6 Å². The lowest BCUT2D eigenvalue weighted by atomic mass is 9.99. The normalized spacial score (nSPS) is 14.1. The van der Waals surface area contributed by atoms with Gasteiger partial charge in [-0.25, -0.2) is 14.5 Å². The molecule has 0 saturated carbocycles. The molecular formula is C32H32F3N7O5S. The Hall–Kier alpha value is -5.09. The monoisotopic (exact) mass is 683 g/mol. The minimum Gasteiger partial charge on any atom is -0.465 e. The van der Waals surface area contributed by atoms with E-state index in [9.17, 15) is 22.8 Å². The molecule has 12 nitrogen and oxygen atoms in total. The van der Waals surface area contributed by atoms with Crippen LogP contribution in [0.1, 0.15) is 25.3 Å². The Morgan fingerprint density at radius 3 is 2.52 bits per heavy atom. The fourth-order valence-corrected chi connectivity index (χ4v) is 5.59. The van der Waals surface area contributed by atoms with Crippen LogP contribution in [0.5, 0.6) is 11.5 Å². The number of aromatic nitrogens is 3. The number of alkyl halides is 3. The maximum Gasteiger partial charge on any atom is 0.573 e. The average Bonchev–Trinajstić information content (AvgIpc) is 3.66. The molecule has 252 valence electrons. The molecule has 1 fully saturated rings. The number of nitrogens with one attached hydrogen (secondary N) is 1. The van der Waals surface area contributed by atoms with Gasteiger partial charge in [-0.05, 0) is 66.1 Å². The molecule has 48 heavy (non-hydrogen) atoms. The van der Waals surface area contributed by atoms with Crippen LogP contribution in [-0.2, 0) is 9.53 Å². The number of amides is 3. The number of benzene rings is 3. The van der Waals surface area contributed by atoms with Crippen molar-refractivity contribution in [1.29, 1.82) is 0 Å². The van der Waals surface area contributed by atoms with Crippen molar-refractivity contribution in [2.24, 2.45) is 4.99 Å². The van der Waals surface area contributed by atoms with Gasteiger partial charge in [0.05, 0.1) is 22.8 Å². The van der Waals surface area contributed by atoms with E-state index in [2.05, 4.69) is 25.1 Å². The van der Waals surface area contributed by atoms with Crippen molar-refractivity contribution in [3.63, 3.8) is 0 Å². The summed E-state index contributed by atoms with van der Waals surface area (Å²) in [6.45, 7) is 3.93. The van der Waals surface area contributed by atoms with Gasteiger partial charge in [-0.1, -0.05) is 31.7 Å². The molecule has 16 heteroatoms. The number of anilines is 3. The molecule has 5 rings (SSSR count). The molecule has 0 radical (unpaired) electrons. The van der Waals surface area contributed by atoms with E-state index in [0.717, 1.165) is 11.3 Å². The number of amidine groups is 1. The lowest BCUT2D eigenvalue weighted by molar-refractivity contribution is -0.274. The fraction of sp³-hybridized carbons (Fsp3) is 0.281. The van der Waals surface area contributed by atoms with Crippen molar-refractivity contribution in [3.8, 4) is 28.6 Å². The number of nitrogens with zero attached hydrogens (tertiary/aromatic N) is 6. The van der Waals surface area contributed by atoms with E-state index < -0.39 is 12.4 Å². The Morgan fingerprint density at radius 2 is 1.85 bits per heavy atom. The van der Waals surface area contributed by atoms with E-state index in [1.807, 2.05) is 51.0 Å².